The Morgan fingerprint density at radius 2 is 1.85 bits per heavy atom. The summed E-state index contributed by atoms with van der Waals surface area (Å²) in [6.45, 7) is 4.12. The van der Waals surface area contributed by atoms with Gasteiger partial charge in [0.05, 0.1) is 24.2 Å². The van der Waals surface area contributed by atoms with Gasteiger partial charge in [-0.1, -0.05) is 53.9 Å². The van der Waals surface area contributed by atoms with Crippen molar-refractivity contribution in [3.05, 3.63) is 65.2 Å². The molecule has 0 aliphatic carbocycles. The zero-order valence-corrected chi connectivity index (χ0v) is 17.1. The first-order valence-corrected chi connectivity index (χ1v) is 10.2. The third-order valence-electron chi connectivity index (χ3n) is 3.96. The summed E-state index contributed by atoms with van der Waals surface area (Å²) in [5.41, 5.74) is 2.77. The second-order valence-electron chi connectivity index (χ2n) is 5.79. The molecule has 5 nitrogen and oxygen atoms in total. The number of carbonyl (C=O) groups is 1. The Balaban J connectivity index is 1.66. The van der Waals surface area contributed by atoms with Gasteiger partial charge in [-0.15, -0.1) is 0 Å². The van der Waals surface area contributed by atoms with E-state index in [1.165, 1.54) is 16.7 Å². The third-order valence-corrected chi connectivity index (χ3v) is 6.15. The van der Waals surface area contributed by atoms with Crippen molar-refractivity contribution in [2.24, 2.45) is 5.10 Å². The Kier molecular flexibility index (Phi) is 6.47. The Morgan fingerprint density at radius 3 is 2.59 bits per heavy atom. The van der Waals surface area contributed by atoms with E-state index in [1.54, 1.807) is 18.9 Å². The van der Waals surface area contributed by atoms with Gasteiger partial charge in [0, 0.05) is 10.6 Å². The van der Waals surface area contributed by atoms with E-state index in [0.717, 1.165) is 15.8 Å². The van der Waals surface area contributed by atoms with Crippen molar-refractivity contribution < 1.29 is 9.53 Å². The fourth-order valence-corrected chi connectivity index (χ4v) is 4.34. The highest BCUT2D eigenvalue weighted by molar-refractivity contribution is 8.40. The first-order chi connectivity index (χ1) is 13.1. The molecule has 27 heavy (non-hydrogen) atoms. The third kappa shape index (κ3) is 4.87. The van der Waals surface area contributed by atoms with Gasteiger partial charge in [-0.05, 0) is 38.1 Å². The van der Waals surface area contributed by atoms with Crippen LogP contribution in [0.5, 0.6) is 5.75 Å². The van der Waals surface area contributed by atoms with Crippen LogP contribution in [0.3, 0.4) is 0 Å². The minimum absolute atomic E-state index is 0.0945. The Bertz CT molecular complexity index is 882. The highest BCUT2D eigenvalue weighted by Gasteiger charge is 2.20. The number of hydrogen-bond acceptors (Lipinski definition) is 6. The molecule has 1 N–H and O–H groups in total. The van der Waals surface area contributed by atoms with E-state index in [4.69, 9.17) is 9.84 Å². The maximum absolute atomic E-state index is 12.3. The number of rotatable bonds is 5. The largest absolute Gasteiger partial charge is 0.495 e. The molecule has 1 heterocycles. The van der Waals surface area contributed by atoms with E-state index in [-0.39, 0.29) is 11.7 Å². The second-order valence-corrected chi connectivity index (χ2v) is 8.22. The van der Waals surface area contributed by atoms with Gasteiger partial charge >= 0.3 is 0 Å². The summed E-state index contributed by atoms with van der Waals surface area (Å²) in [5.74, 6) is 0.826. The average molecular weight is 400 g/mol. The van der Waals surface area contributed by atoms with E-state index in [2.05, 4.69) is 19.2 Å². The number of allylic oxidation sites excluding steroid dienone is 2. The first kappa shape index (κ1) is 19.4. The lowest BCUT2D eigenvalue weighted by Gasteiger charge is -2.26. The van der Waals surface area contributed by atoms with Gasteiger partial charge in [0.2, 0.25) is 5.91 Å². The fraction of sp³-hybridized carbons (Fsp3) is 0.200. The van der Waals surface area contributed by atoms with Crippen LogP contribution in [-0.2, 0) is 4.79 Å². The number of anilines is 2. The Hall–Kier alpha value is -2.38. The van der Waals surface area contributed by atoms with E-state index in [0.29, 0.717) is 11.4 Å². The number of hydrogen-bond donors (Lipinski definition) is 1. The highest BCUT2D eigenvalue weighted by Crippen LogP contribution is 2.36. The van der Waals surface area contributed by atoms with Gasteiger partial charge in [-0.2, -0.15) is 5.10 Å². The molecule has 3 rings (SSSR count). The molecule has 0 fully saturated rings. The quantitative estimate of drug-likeness (QED) is 0.754. The molecule has 0 radical (unpaired) electrons. The van der Waals surface area contributed by atoms with Gasteiger partial charge in [-0.25, -0.2) is 5.01 Å². The summed E-state index contributed by atoms with van der Waals surface area (Å²) in [4.78, 5) is 13.5. The van der Waals surface area contributed by atoms with Gasteiger partial charge in [0.25, 0.3) is 0 Å². The number of amides is 1. The van der Waals surface area contributed by atoms with Crippen LogP contribution in [0, 0.1) is 0 Å². The van der Waals surface area contributed by atoms with Crippen LogP contribution in [0.2, 0.25) is 0 Å². The van der Waals surface area contributed by atoms with Crippen LogP contribution < -0.4 is 15.1 Å². The van der Waals surface area contributed by atoms with Crippen molar-refractivity contribution in [3.63, 3.8) is 0 Å². The lowest BCUT2D eigenvalue weighted by Crippen LogP contribution is -2.21. The Labute approximate surface area is 167 Å². The molecule has 1 aliphatic rings. The highest BCUT2D eigenvalue weighted by atomic mass is 32.2. The minimum Gasteiger partial charge on any atom is -0.495 e. The van der Waals surface area contributed by atoms with E-state index in [9.17, 15) is 4.79 Å². The number of para-hydroxylation sites is 3. The number of methoxy groups -OCH3 is 1. The molecule has 0 saturated heterocycles. The number of nitrogens with one attached hydrogen (secondary N) is 1. The molecule has 0 unspecified atom stereocenters. The lowest BCUT2D eigenvalue weighted by molar-refractivity contribution is -0.113. The molecular formula is C20H21N3O2S2. The van der Waals surface area contributed by atoms with Gasteiger partial charge in [0.15, 0.2) is 4.38 Å². The molecule has 0 aromatic heterocycles. The topological polar surface area (TPSA) is 53.9 Å². The standard InChI is InChI=1S/C20H21N3O2S2/c1-14-15(2)27-20(22-23(14)16-9-5-4-6-10-16)26-13-19(24)21-17-11-7-8-12-18(17)25-3/h4-12H,13H2,1-3H3,(H,21,24). The predicted molar refractivity (Wildman–Crippen MR) is 116 cm³/mol. The lowest BCUT2D eigenvalue weighted by atomic mass is 10.3. The number of thioether (sulfide) groups is 2. The molecule has 0 saturated carbocycles. The van der Waals surface area contributed by atoms with Gasteiger partial charge in [-0.3, -0.25) is 4.79 Å². The van der Waals surface area contributed by atoms with E-state index in [1.807, 2.05) is 59.6 Å². The van der Waals surface area contributed by atoms with Crippen LogP contribution in [0.15, 0.2) is 70.3 Å². The first-order valence-electron chi connectivity index (χ1n) is 8.43. The van der Waals surface area contributed by atoms with Crippen LogP contribution >= 0.6 is 23.5 Å². The summed E-state index contributed by atoms with van der Waals surface area (Å²) in [7, 11) is 1.59. The molecule has 1 amide bonds. The summed E-state index contributed by atoms with van der Waals surface area (Å²) in [5, 5.41) is 9.52. The fourth-order valence-electron chi connectivity index (χ4n) is 2.47. The SMILES string of the molecule is COc1ccccc1NC(=O)CSC1=NN(c2ccccc2)C(C)=C(C)S1. The summed E-state index contributed by atoms with van der Waals surface area (Å²) in [6, 6.07) is 17.4. The van der Waals surface area contributed by atoms with Crippen LogP contribution in [0.25, 0.3) is 0 Å². The van der Waals surface area contributed by atoms with Crippen LogP contribution in [0.1, 0.15) is 13.8 Å². The number of nitrogens with zero attached hydrogens (tertiary/aromatic N) is 2. The Morgan fingerprint density at radius 1 is 1.15 bits per heavy atom. The zero-order chi connectivity index (χ0) is 19.2. The zero-order valence-electron chi connectivity index (χ0n) is 15.4. The summed E-state index contributed by atoms with van der Waals surface area (Å²) >= 11 is 3.02. The molecule has 2 aromatic rings. The molecule has 1 aliphatic heterocycles. The predicted octanol–water partition coefficient (Wildman–Crippen LogP) is 5.14. The summed E-state index contributed by atoms with van der Waals surface area (Å²) < 4.78 is 6.11. The number of ether oxygens (including phenoxy) is 1. The molecular weight excluding hydrogens is 378 g/mol. The molecule has 140 valence electrons. The van der Waals surface area contributed by atoms with E-state index < -0.39 is 0 Å². The van der Waals surface area contributed by atoms with Crippen molar-refractivity contribution in [3.8, 4) is 5.75 Å². The second kappa shape index (κ2) is 9.01. The molecule has 2 aromatic carbocycles. The molecule has 0 bridgehead atoms. The molecule has 7 heteroatoms. The van der Waals surface area contributed by atoms with Gasteiger partial charge < -0.3 is 10.1 Å². The average Bonchev–Trinajstić information content (AvgIpc) is 2.70. The number of hydrazone groups is 1. The van der Waals surface area contributed by atoms with Crippen molar-refractivity contribution >= 4 is 45.2 Å². The van der Waals surface area contributed by atoms with Crippen molar-refractivity contribution in [1.82, 2.24) is 0 Å². The molecule has 0 spiro atoms. The van der Waals surface area contributed by atoms with E-state index >= 15 is 0 Å². The van der Waals surface area contributed by atoms with Crippen LogP contribution in [0.4, 0.5) is 11.4 Å². The summed E-state index contributed by atoms with van der Waals surface area (Å²) in [6.07, 6.45) is 0. The monoisotopic (exact) mass is 399 g/mol. The maximum Gasteiger partial charge on any atom is 0.234 e. The van der Waals surface area contributed by atoms with Crippen molar-refractivity contribution in [2.75, 3.05) is 23.2 Å². The minimum atomic E-state index is -0.0945. The van der Waals surface area contributed by atoms with Gasteiger partial charge in [0.1, 0.15) is 5.75 Å². The van der Waals surface area contributed by atoms with Crippen molar-refractivity contribution in [1.29, 1.82) is 0 Å². The van der Waals surface area contributed by atoms with Crippen molar-refractivity contribution in [2.45, 2.75) is 13.8 Å². The maximum atomic E-state index is 12.3. The number of carbonyl (C=O) groups excluding carboxylic acids is 1. The number of benzene rings is 2. The van der Waals surface area contributed by atoms with Crippen LogP contribution in [-0.4, -0.2) is 23.1 Å². The normalized spacial score (nSPS) is 14.0. The molecule has 0 atom stereocenters. The smallest absolute Gasteiger partial charge is 0.234 e.